The second-order valence-electron chi connectivity index (χ2n) is 6.49. The molecule has 0 unspecified atom stereocenters. The molecule has 5 nitrogen and oxygen atoms in total. The van der Waals surface area contributed by atoms with Gasteiger partial charge in [-0.3, -0.25) is 4.79 Å². The van der Waals surface area contributed by atoms with E-state index in [9.17, 15) is 4.79 Å². The van der Waals surface area contributed by atoms with Crippen molar-refractivity contribution < 1.29 is 19.0 Å². The Labute approximate surface area is 163 Å². The Kier molecular flexibility index (Phi) is 5.15. The van der Waals surface area contributed by atoms with E-state index in [0.29, 0.717) is 11.5 Å². The number of amides is 1. The highest BCUT2D eigenvalue weighted by atomic mass is 16.6. The van der Waals surface area contributed by atoms with Crippen LogP contribution in [0.15, 0.2) is 78.9 Å². The molecule has 0 saturated heterocycles. The van der Waals surface area contributed by atoms with Gasteiger partial charge in [0.05, 0.1) is 13.2 Å². The summed E-state index contributed by atoms with van der Waals surface area (Å²) in [5.74, 6) is 1.78. The third-order valence-electron chi connectivity index (χ3n) is 4.67. The highest BCUT2D eigenvalue weighted by molar-refractivity contribution is 5.82. The summed E-state index contributed by atoms with van der Waals surface area (Å²) in [6.45, 7) is 0.174. The fourth-order valence-corrected chi connectivity index (χ4v) is 3.18. The van der Waals surface area contributed by atoms with E-state index < -0.39 is 6.10 Å². The lowest BCUT2D eigenvalue weighted by atomic mass is 9.98. The molecule has 3 aromatic carbocycles. The summed E-state index contributed by atoms with van der Waals surface area (Å²) >= 11 is 0. The van der Waals surface area contributed by atoms with Crippen LogP contribution in [-0.4, -0.2) is 25.7 Å². The molecule has 1 amide bonds. The van der Waals surface area contributed by atoms with E-state index in [2.05, 4.69) is 5.32 Å². The smallest absolute Gasteiger partial charge is 0.265 e. The molecule has 0 bridgehead atoms. The van der Waals surface area contributed by atoms with E-state index in [1.165, 1.54) is 0 Å². The van der Waals surface area contributed by atoms with Crippen molar-refractivity contribution in [2.24, 2.45) is 0 Å². The lowest BCUT2D eigenvalue weighted by Gasteiger charge is -2.28. The van der Waals surface area contributed by atoms with Gasteiger partial charge in [-0.05, 0) is 35.4 Å². The van der Waals surface area contributed by atoms with Crippen molar-refractivity contribution in [3.63, 3.8) is 0 Å². The number of methoxy groups -OCH3 is 1. The van der Waals surface area contributed by atoms with Gasteiger partial charge in [0, 0.05) is 0 Å². The maximum absolute atomic E-state index is 12.9. The Balaban J connectivity index is 1.56. The Bertz CT molecular complexity index is 940. The van der Waals surface area contributed by atoms with Gasteiger partial charge in [0.2, 0.25) is 6.10 Å². The Morgan fingerprint density at radius 2 is 1.57 bits per heavy atom. The van der Waals surface area contributed by atoms with Gasteiger partial charge in [-0.2, -0.15) is 0 Å². The maximum atomic E-state index is 12.9. The van der Waals surface area contributed by atoms with Crippen molar-refractivity contribution in [2.45, 2.75) is 12.1 Å². The predicted octanol–water partition coefficient (Wildman–Crippen LogP) is 3.74. The van der Waals surface area contributed by atoms with E-state index in [1.807, 2.05) is 72.8 Å². The Hall–Kier alpha value is -3.47. The average Bonchev–Trinajstić information content (AvgIpc) is 2.77. The van der Waals surface area contributed by atoms with Gasteiger partial charge in [-0.15, -0.1) is 0 Å². The molecule has 3 aromatic rings. The van der Waals surface area contributed by atoms with Gasteiger partial charge in [0.15, 0.2) is 11.5 Å². The van der Waals surface area contributed by atoms with Gasteiger partial charge >= 0.3 is 0 Å². The van der Waals surface area contributed by atoms with Crippen LogP contribution in [0.3, 0.4) is 0 Å². The lowest BCUT2D eigenvalue weighted by Crippen LogP contribution is -2.45. The number of para-hydroxylation sites is 2. The molecule has 28 heavy (non-hydrogen) atoms. The molecule has 0 spiro atoms. The third-order valence-corrected chi connectivity index (χ3v) is 4.67. The third kappa shape index (κ3) is 3.78. The molecular formula is C23H21NO4. The average molecular weight is 375 g/mol. The number of ether oxygens (including phenoxy) is 3. The fourth-order valence-electron chi connectivity index (χ4n) is 3.18. The van der Waals surface area contributed by atoms with Gasteiger partial charge in [-0.25, -0.2) is 0 Å². The minimum Gasteiger partial charge on any atom is -0.497 e. The van der Waals surface area contributed by atoms with Gasteiger partial charge in [-0.1, -0.05) is 54.6 Å². The molecule has 4 rings (SSSR count). The van der Waals surface area contributed by atoms with E-state index in [4.69, 9.17) is 14.2 Å². The molecule has 142 valence electrons. The van der Waals surface area contributed by atoms with E-state index >= 15 is 0 Å². The molecule has 1 heterocycles. The molecule has 1 N–H and O–H groups in total. The Morgan fingerprint density at radius 3 is 2.29 bits per heavy atom. The second-order valence-corrected chi connectivity index (χ2v) is 6.49. The highest BCUT2D eigenvalue weighted by Crippen LogP contribution is 2.31. The molecular weight excluding hydrogens is 354 g/mol. The van der Waals surface area contributed by atoms with Crippen LogP contribution in [0.4, 0.5) is 0 Å². The number of hydrogen-bond acceptors (Lipinski definition) is 4. The van der Waals surface area contributed by atoms with Crippen LogP contribution >= 0.6 is 0 Å². The topological polar surface area (TPSA) is 56.8 Å². The first-order valence-corrected chi connectivity index (χ1v) is 9.12. The highest BCUT2D eigenvalue weighted by Gasteiger charge is 2.29. The molecule has 1 aliphatic heterocycles. The fraction of sp³-hybridized carbons (Fsp3) is 0.174. The van der Waals surface area contributed by atoms with Crippen LogP contribution in [-0.2, 0) is 4.79 Å². The Morgan fingerprint density at radius 1 is 0.929 bits per heavy atom. The zero-order valence-corrected chi connectivity index (χ0v) is 15.5. The maximum Gasteiger partial charge on any atom is 0.265 e. The lowest BCUT2D eigenvalue weighted by molar-refractivity contribution is -0.130. The van der Waals surface area contributed by atoms with Gasteiger partial charge < -0.3 is 19.5 Å². The number of carbonyl (C=O) groups is 1. The van der Waals surface area contributed by atoms with Crippen LogP contribution in [0.5, 0.6) is 17.2 Å². The molecule has 1 aliphatic rings. The number of hydrogen-bond donors (Lipinski definition) is 1. The van der Waals surface area contributed by atoms with Crippen LogP contribution in [0.25, 0.3) is 0 Å². The predicted molar refractivity (Wildman–Crippen MR) is 106 cm³/mol. The first-order chi connectivity index (χ1) is 13.7. The summed E-state index contributed by atoms with van der Waals surface area (Å²) in [6, 6.07) is 24.5. The van der Waals surface area contributed by atoms with Gasteiger partial charge in [0.1, 0.15) is 12.4 Å². The molecule has 2 atom stereocenters. The number of benzene rings is 3. The largest absolute Gasteiger partial charge is 0.497 e. The van der Waals surface area contributed by atoms with E-state index in [1.54, 1.807) is 13.2 Å². The summed E-state index contributed by atoms with van der Waals surface area (Å²) in [6.07, 6.45) is -0.709. The first kappa shape index (κ1) is 17.9. The number of nitrogens with one attached hydrogen (secondary N) is 1. The molecule has 0 saturated carbocycles. The van der Waals surface area contributed by atoms with E-state index in [-0.39, 0.29) is 18.6 Å². The van der Waals surface area contributed by atoms with Crippen molar-refractivity contribution >= 4 is 5.91 Å². The normalized spacial score (nSPS) is 16.1. The van der Waals surface area contributed by atoms with Crippen molar-refractivity contribution in [3.05, 3.63) is 90.0 Å². The number of fused-ring (bicyclic) bond motifs is 1. The van der Waals surface area contributed by atoms with Crippen LogP contribution < -0.4 is 19.5 Å². The molecule has 0 radical (unpaired) electrons. The summed E-state index contributed by atoms with van der Waals surface area (Å²) in [5.41, 5.74) is 1.94. The zero-order chi connectivity index (χ0) is 19.3. The zero-order valence-electron chi connectivity index (χ0n) is 15.5. The SMILES string of the molecule is COc1ccc([C@@H](NC(=O)[C@H]2COc3ccccc3O2)c2ccccc2)cc1. The minimum atomic E-state index is -0.709. The number of rotatable bonds is 5. The van der Waals surface area contributed by atoms with E-state index in [0.717, 1.165) is 16.9 Å². The molecule has 0 fully saturated rings. The van der Waals surface area contributed by atoms with Crippen LogP contribution in [0.2, 0.25) is 0 Å². The van der Waals surface area contributed by atoms with Crippen LogP contribution in [0.1, 0.15) is 17.2 Å². The van der Waals surface area contributed by atoms with Crippen LogP contribution in [0, 0.1) is 0 Å². The first-order valence-electron chi connectivity index (χ1n) is 9.12. The monoisotopic (exact) mass is 375 g/mol. The summed E-state index contributed by atoms with van der Waals surface area (Å²) < 4.78 is 16.8. The van der Waals surface area contributed by atoms with Crippen molar-refractivity contribution in [3.8, 4) is 17.2 Å². The summed E-state index contributed by atoms with van der Waals surface area (Å²) in [5, 5.41) is 3.10. The second kappa shape index (κ2) is 8.05. The number of carbonyl (C=O) groups excluding carboxylic acids is 1. The van der Waals surface area contributed by atoms with Gasteiger partial charge in [0.25, 0.3) is 5.91 Å². The van der Waals surface area contributed by atoms with Crippen molar-refractivity contribution in [1.82, 2.24) is 5.32 Å². The molecule has 5 heteroatoms. The standard InChI is InChI=1S/C23H21NO4/c1-26-18-13-11-17(12-14-18)22(16-7-3-2-4-8-16)24-23(25)21-15-27-19-9-5-6-10-20(19)28-21/h2-14,21-22H,15H2,1H3,(H,24,25)/t21-,22+/m1/s1. The van der Waals surface area contributed by atoms with Crippen molar-refractivity contribution in [2.75, 3.05) is 13.7 Å². The molecule has 0 aromatic heterocycles. The molecule has 0 aliphatic carbocycles. The summed E-state index contributed by atoms with van der Waals surface area (Å²) in [4.78, 5) is 12.9. The minimum absolute atomic E-state index is 0.174. The quantitative estimate of drug-likeness (QED) is 0.738. The van der Waals surface area contributed by atoms with Crippen molar-refractivity contribution in [1.29, 1.82) is 0 Å². The summed E-state index contributed by atoms with van der Waals surface area (Å²) in [7, 11) is 1.63.